The molecule has 0 amide bonds. The van der Waals surface area contributed by atoms with Crippen molar-refractivity contribution in [3.63, 3.8) is 0 Å². The van der Waals surface area contributed by atoms with Crippen LogP contribution in [0.5, 0.6) is 0 Å². The van der Waals surface area contributed by atoms with Gasteiger partial charge in [-0.15, -0.1) is 0 Å². The van der Waals surface area contributed by atoms with Crippen LogP contribution in [-0.4, -0.2) is 12.6 Å². The number of halogens is 1. The van der Waals surface area contributed by atoms with E-state index in [1.165, 1.54) is 12.8 Å². The molecule has 0 fully saturated rings. The van der Waals surface area contributed by atoms with Gasteiger partial charge in [-0.3, -0.25) is 0 Å². The maximum Gasteiger partial charge on any atom is 0.0148 e. The lowest BCUT2D eigenvalue weighted by Crippen LogP contribution is -2.26. The van der Waals surface area contributed by atoms with E-state index in [0.29, 0.717) is 6.04 Å². The van der Waals surface area contributed by atoms with E-state index < -0.39 is 0 Å². The Hall–Kier alpha value is -0.0100. The van der Waals surface area contributed by atoms with Crippen molar-refractivity contribution in [2.24, 2.45) is 5.92 Å². The SMILES string of the molecule is CC(C)CCC(C)NC/C=C/Cl. The minimum Gasteiger partial charge on any atom is -0.311 e. The summed E-state index contributed by atoms with van der Waals surface area (Å²) >= 11 is 5.39. The van der Waals surface area contributed by atoms with Gasteiger partial charge < -0.3 is 5.32 Å². The Morgan fingerprint density at radius 1 is 1.25 bits per heavy atom. The molecule has 72 valence electrons. The monoisotopic (exact) mass is 189 g/mol. The van der Waals surface area contributed by atoms with E-state index in [9.17, 15) is 0 Å². The van der Waals surface area contributed by atoms with Crippen LogP contribution >= 0.6 is 11.6 Å². The van der Waals surface area contributed by atoms with E-state index in [4.69, 9.17) is 11.6 Å². The van der Waals surface area contributed by atoms with Crippen molar-refractivity contribution in [3.05, 3.63) is 11.6 Å². The van der Waals surface area contributed by atoms with Crippen LogP contribution in [0.25, 0.3) is 0 Å². The minimum absolute atomic E-state index is 0.597. The molecule has 0 bridgehead atoms. The van der Waals surface area contributed by atoms with Crippen LogP contribution in [-0.2, 0) is 0 Å². The van der Waals surface area contributed by atoms with Crippen molar-refractivity contribution in [1.82, 2.24) is 5.32 Å². The van der Waals surface area contributed by atoms with E-state index >= 15 is 0 Å². The predicted molar refractivity (Wildman–Crippen MR) is 56.5 cm³/mol. The first-order chi connectivity index (χ1) is 5.66. The van der Waals surface area contributed by atoms with E-state index in [2.05, 4.69) is 26.1 Å². The largest absolute Gasteiger partial charge is 0.311 e. The molecule has 0 aliphatic rings. The van der Waals surface area contributed by atoms with Crippen LogP contribution in [0.15, 0.2) is 11.6 Å². The molecular weight excluding hydrogens is 170 g/mol. The van der Waals surface area contributed by atoms with Crippen molar-refractivity contribution in [1.29, 1.82) is 0 Å². The molecule has 1 atom stereocenters. The van der Waals surface area contributed by atoms with Gasteiger partial charge in [0.2, 0.25) is 0 Å². The first-order valence-electron chi connectivity index (χ1n) is 4.65. The Bertz CT molecular complexity index is 121. The smallest absolute Gasteiger partial charge is 0.0148 e. The molecule has 0 aliphatic carbocycles. The molecule has 0 saturated carbocycles. The topological polar surface area (TPSA) is 12.0 Å². The number of hydrogen-bond acceptors (Lipinski definition) is 1. The van der Waals surface area contributed by atoms with Gasteiger partial charge in [-0.05, 0) is 25.7 Å². The minimum atomic E-state index is 0.597. The van der Waals surface area contributed by atoms with Crippen molar-refractivity contribution in [3.8, 4) is 0 Å². The fourth-order valence-corrected chi connectivity index (χ4v) is 1.09. The third kappa shape index (κ3) is 8.09. The lowest BCUT2D eigenvalue weighted by molar-refractivity contribution is 0.465. The van der Waals surface area contributed by atoms with Gasteiger partial charge >= 0.3 is 0 Å². The van der Waals surface area contributed by atoms with Gasteiger partial charge in [0, 0.05) is 18.1 Å². The van der Waals surface area contributed by atoms with Crippen LogP contribution in [0.1, 0.15) is 33.6 Å². The molecule has 2 heteroatoms. The molecule has 0 heterocycles. The Labute approximate surface area is 81.2 Å². The molecule has 0 aromatic heterocycles. The summed E-state index contributed by atoms with van der Waals surface area (Å²) in [6.45, 7) is 7.60. The maximum absolute atomic E-state index is 5.39. The van der Waals surface area contributed by atoms with Gasteiger partial charge in [-0.2, -0.15) is 0 Å². The first-order valence-corrected chi connectivity index (χ1v) is 5.09. The average Bonchev–Trinajstić information content (AvgIpc) is 2.01. The summed E-state index contributed by atoms with van der Waals surface area (Å²) in [5, 5.41) is 3.37. The van der Waals surface area contributed by atoms with Gasteiger partial charge in [0.15, 0.2) is 0 Å². The van der Waals surface area contributed by atoms with Crippen molar-refractivity contribution in [2.45, 2.75) is 39.7 Å². The van der Waals surface area contributed by atoms with Crippen molar-refractivity contribution < 1.29 is 0 Å². The van der Waals surface area contributed by atoms with E-state index in [0.717, 1.165) is 12.5 Å². The second-order valence-corrected chi connectivity index (χ2v) is 3.89. The second-order valence-electron chi connectivity index (χ2n) is 3.64. The van der Waals surface area contributed by atoms with Crippen LogP contribution < -0.4 is 5.32 Å². The van der Waals surface area contributed by atoms with Gasteiger partial charge in [-0.25, -0.2) is 0 Å². The van der Waals surface area contributed by atoms with E-state index in [1.807, 2.05) is 6.08 Å². The van der Waals surface area contributed by atoms with Crippen LogP contribution in [0.3, 0.4) is 0 Å². The third-order valence-corrected chi connectivity index (χ3v) is 2.03. The predicted octanol–water partition coefficient (Wildman–Crippen LogP) is 3.15. The Morgan fingerprint density at radius 3 is 2.42 bits per heavy atom. The molecule has 0 aromatic carbocycles. The Morgan fingerprint density at radius 2 is 1.92 bits per heavy atom. The van der Waals surface area contributed by atoms with Gasteiger partial charge in [0.05, 0.1) is 0 Å². The lowest BCUT2D eigenvalue weighted by atomic mass is 10.0. The summed E-state index contributed by atoms with van der Waals surface area (Å²) in [6.07, 6.45) is 4.46. The summed E-state index contributed by atoms with van der Waals surface area (Å²) in [6, 6.07) is 0.597. The molecule has 1 unspecified atom stereocenters. The van der Waals surface area contributed by atoms with Crippen LogP contribution in [0.4, 0.5) is 0 Å². The van der Waals surface area contributed by atoms with Crippen LogP contribution in [0.2, 0.25) is 0 Å². The summed E-state index contributed by atoms with van der Waals surface area (Å²) < 4.78 is 0. The molecule has 1 N–H and O–H groups in total. The maximum atomic E-state index is 5.39. The fourth-order valence-electron chi connectivity index (χ4n) is 0.999. The highest BCUT2D eigenvalue weighted by Crippen LogP contribution is 2.05. The Balaban J connectivity index is 3.27. The van der Waals surface area contributed by atoms with Gasteiger partial charge in [0.1, 0.15) is 0 Å². The summed E-state index contributed by atoms with van der Waals surface area (Å²) in [5.74, 6) is 0.804. The summed E-state index contributed by atoms with van der Waals surface area (Å²) in [4.78, 5) is 0. The van der Waals surface area contributed by atoms with Gasteiger partial charge in [0.25, 0.3) is 0 Å². The molecule has 0 spiro atoms. The quantitative estimate of drug-likeness (QED) is 0.677. The summed E-state index contributed by atoms with van der Waals surface area (Å²) in [7, 11) is 0. The van der Waals surface area contributed by atoms with Crippen molar-refractivity contribution in [2.75, 3.05) is 6.54 Å². The van der Waals surface area contributed by atoms with Gasteiger partial charge in [-0.1, -0.05) is 31.5 Å². The average molecular weight is 190 g/mol. The highest BCUT2D eigenvalue weighted by Gasteiger charge is 2.00. The Kier molecular flexibility index (Phi) is 7.62. The molecule has 0 rings (SSSR count). The molecule has 0 aromatic rings. The van der Waals surface area contributed by atoms with E-state index in [1.54, 1.807) is 5.54 Å². The number of rotatable bonds is 6. The highest BCUT2D eigenvalue weighted by molar-refractivity contribution is 6.25. The van der Waals surface area contributed by atoms with Crippen LogP contribution in [0, 0.1) is 5.92 Å². The normalized spacial score (nSPS) is 14.4. The lowest BCUT2D eigenvalue weighted by Gasteiger charge is -2.13. The fraction of sp³-hybridized carbons (Fsp3) is 0.800. The standard InChI is InChI=1S/C10H20ClN/c1-9(2)5-6-10(3)12-8-4-7-11/h4,7,9-10,12H,5-6,8H2,1-3H3/b7-4+. The zero-order valence-electron chi connectivity index (χ0n) is 8.31. The zero-order chi connectivity index (χ0) is 9.40. The molecule has 12 heavy (non-hydrogen) atoms. The first kappa shape index (κ1) is 12.0. The van der Waals surface area contributed by atoms with E-state index in [-0.39, 0.29) is 0 Å². The number of hydrogen-bond donors (Lipinski definition) is 1. The summed E-state index contributed by atoms with van der Waals surface area (Å²) in [5.41, 5.74) is 1.56. The molecule has 0 saturated heterocycles. The molecule has 1 nitrogen and oxygen atoms in total. The second kappa shape index (κ2) is 7.63. The molecular formula is C10H20ClN. The van der Waals surface area contributed by atoms with Crippen molar-refractivity contribution >= 4 is 11.6 Å². The highest BCUT2D eigenvalue weighted by atomic mass is 35.5. The third-order valence-electron chi connectivity index (χ3n) is 1.85. The zero-order valence-corrected chi connectivity index (χ0v) is 9.06. The molecule has 0 radical (unpaired) electrons. The number of nitrogens with one attached hydrogen (secondary N) is 1. The molecule has 0 aliphatic heterocycles.